The van der Waals surface area contributed by atoms with Crippen LogP contribution in [0.25, 0.3) is 16.7 Å². The van der Waals surface area contributed by atoms with Crippen molar-refractivity contribution in [1.29, 1.82) is 0 Å². The number of hydrogen-bond donors (Lipinski definition) is 2. The van der Waals surface area contributed by atoms with Crippen LogP contribution in [0.15, 0.2) is 17.0 Å². The zero-order chi connectivity index (χ0) is 18.8. The van der Waals surface area contributed by atoms with E-state index in [1.54, 1.807) is 13.3 Å². The Hall–Kier alpha value is -2.63. The number of ether oxygens (including phenoxy) is 1. The van der Waals surface area contributed by atoms with Crippen molar-refractivity contribution >= 4 is 32.9 Å². The predicted octanol–water partition coefficient (Wildman–Crippen LogP) is 2.52. The van der Waals surface area contributed by atoms with Crippen LogP contribution in [0, 0.1) is 25.7 Å². The van der Waals surface area contributed by atoms with E-state index in [0.29, 0.717) is 16.7 Å². The molecule has 0 amide bonds. The maximum atomic E-state index is 8.97. The summed E-state index contributed by atoms with van der Waals surface area (Å²) in [6.45, 7) is 3.87. The molecule has 8 heteroatoms. The largest absolute Gasteiger partial charge is 0.494 e. The fourth-order valence-electron chi connectivity index (χ4n) is 2.84. The van der Waals surface area contributed by atoms with Crippen molar-refractivity contribution in [3.8, 4) is 23.3 Å². The molecule has 3 heterocycles. The molecule has 0 saturated heterocycles. The van der Waals surface area contributed by atoms with E-state index in [1.807, 2.05) is 24.6 Å². The van der Waals surface area contributed by atoms with Gasteiger partial charge in [-0.05, 0) is 29.8 Å². The highest BCUT2D eigenvalue weighted by molar-refractivity contribution is 9.10. The number of nitrogen functional groups attached to an aromatic ring is 1. The monoisotopic (exact) mass is 415 g/mol. The van der Waals surface area contributed by atoms with Crippen LogP contribution in [0.3, 0.4) is 0 Å². The molecule has 0 aliphatic heterocycles. The SMILES string of the molecule is COc1c(C)ncc(-n2cc(C#CCCO)c3c(Br)nc(N)nc32)c1C. The first-order valence-electron chi connectivity index (χ1n) is 7.92. The first-order valence-corrected chi connectivity index (χ1v) is 8.71. The quantitative estimate of drug-likeness (QED) is 0.503. The number of methoxy groups -OCH3 is 1. The topological polar surface area (TPSA) is 99.1 Å². The van der Waals surface area contributed by atoms with E-state index in [9.17, 15) is 0 Å². The zero-order valence-electron chi connectivity index (χ0n) is 14.7. The summed E-state index contributed by atoms with van der Waals surface area (Å²) in [5.74, 6) is 6.88. The average Bonchev–Trinajstić information content (AvgIpc) is 2.94. The van der Waals surface area contributed by atoms with Gasteiger partial charge in [-0.3, -0.25) is 9.55 Å². The number of aliphatic hydroxyl groups excluding tert-OH is 1. The lowest BCUT2D eigenvalue weighted by Crippen LogP contribution is -2.04. The Morgan fingerprint density at radius 1 is 1.35 bits per heavy atom. The molecular formula is C18H18BrN5O2. The Kier molecular flexibility index (Phi) is 5.11. The molecule has 0 aliphatic carbocycles. The van der Waals surface area contributed by atoms with E-state index in [1.165, 1.54) is 0 Å². The van der Waals surface area contributed by atoms with Gasteiger partial charge in [0.15, 0.2) is 5.65 Å². The van der Waals surface area contributed by atoms with Crippen molar-refractivity contribution in [2.45, 2.75) is 20.3 Å². The number of aliphatic hydroxyl groups is 1. The van der Waals surface area contributed by atoms with Gasteiger partial charge in [0.05, 0.1) is 42.2 Å². The second-order valence-electron chi connectivity index (χ2n) is 5.65. The number of aryl methyl sites for hydroxylation is 1. The number of nitrogens with two attached hydrogens (primary N) is 1. The lowest BCUT2D eigenvalue weighted by molar-refractivity contribution is 0.305. The lowest BCUT2D eigenvalue weighted by Gasteiger charge is -2.13. The maximum absolute atomic E-state index is 8.97. The molecule has 0 spiro atoms. The molecule has 3 N–H and O–H groups in total. The number of aromatic nitrogens is 4. The minimum Gasteiger partial charge on any atom is -0.494 e. The number of pyridine rings is 1. The van der Waals surface area contributed by atoms with E-state index in [4.69, 9.17) is 15.6 Å². The Bertz CT molecular complexity index is 1050. The number of halogens is 1. The van der Waals surface area contributed by atoms with Gasteiger partial charge in [0.1, 0.15) is 10.4 Å². The Balaban J connectivity index is 2.33. The van der Waals surface area contributed by atoms with Crippen LogP contribution in [0.5, 0.6) is 5.75 Å². The molecule has 3 aromatic rings. The first-order chi connectivity index (χ1) is 12.5. The summed E-state index contributed by atoms with van der Waals surface area (Å²) in [6.07, 6.45) is 4.02. The first kappa shape index (κ1) is 18.2. The Morgan fingerprint density at radius 3 is 2.81 bits per heavy atom. The standard InChI is InChI=1S/C18H18BrN5O2/c1-10-13(8-21-11(2)15(10)26-3)24-9-12(6-4-5-7-25)14-16(19)22-18(20)23-17(14)24/h8-9,25H,5,7H2,1-3H3,(H2,20,22,23). The minimum absolute atomic E-state index is 0.00838. The van der Waals surface area contributed by atoms with Gasteiger partial charge in [-0.1, -0.05) is 11.8 Å². The molecule has 7 nitrogen and oxygen atoms in total. The summed E-state index contributed by atoms with van der Waals surface area (Å²) < 4.78 is 7.93. The van der Waals surface area contributed by atoms with Crippen molar-refractivity contribution in [2.75, 3.05) is 19.5 Å². The van der Waals surface area contributed by atoms with E-state index in [-0.39, 0.29) is 12.6 Å². The molecule has 26 heavy (non-hydrogen) atoms. The number of hydrogen-bond acceptors (Lipinski definition) is 6. The van der Waals surface area contributed by atoms with Crippen LogP contribution < -0.4 is 10.5 Å². The molecular weight excluding hydrogens is 398 g/mol. The zero-order valence-corrected chi connectivity index (χ0v) is 16.3. The minimum atomic E-state index is 0.00838. The molecule has 0 radical (unpaired) electrons. The molecule has 0 bridgehead atoms. The van der Waals surface area contributed by atoms with Crippen molar-refractivity contribution < 1.29 is 9.84 Å². The molecule has 0 fully saturated rings. The van der Waals surface area contributed by atoms with E-state index >= 15 is 0 Å². The van der Waals surface area contributed by atoms with Crippen LogP contribution in [-0.2, 0) is 0 Å². The highest BCUT2D eigenvalue weighted by atomic mass is 79.9. The third-order valence-corrected chi connectivity index (χ3v) is 4.55. The summed E-state index contributed by atoms with van der Waals surface area (Å²) in [5, 5.41) is 9.72. The summed E-state index contributed by atoms with van der Waals surface area (Å²) in [4.78, 5) is 13.0. The van der Waals surface area contributed by atoms with Crippen LogP contribution in [0.4, 0.5) is 5.95 Å². The smallest absolute Gasteiger partial charge is 0.223 e. The fourth-order valence-corrected chi connectivity index (χ4v) is 3.41. The summed E-state index contributed by atoms with van der Waals surface area (Å²) >= 11 is 3.45. The molecule has 0 aliphatic rings. The molecule has 0 unspecified atom stereocenters. The molecule has 3 aromatic heterocycles. The number of rotatable bonds is 3. The van der Waals surface area contributed by atoms with E-state index in [0.717, 1.165) is 33.6 Å². The van der Waals surface area contributed by atoms with Gasteiger partial charge in [-0.25, -0.2) is 4.98 Å². The Morgan fingerprint density at radius 2 is 2.12 bits per heavy atom. The second-order valence-corrected chi connectivity index (χ2v) is 6.40. The average molecular weight is 416 g/mol. The van der Waals surface area contributed by atoms with Gasteiger partial charge in [-0.15, -0.1) is 0 Å². The number of anilines is 1. The lowest BCUT2D eigenvalue weighted by atomic mass is 10.2. The second kappa shape index (κ2) is 7.32. The van der Waals surface area contributed by atoms with E-state index in [2.05, 4.69) is 42.7 Å². The summed E-state index contributed by atoms with van der Waals surface area (Å²) in [7, 11) is 1.62. The van der Waals surface area contributed by atoms with Crippen molar-refractivity contribution in [2.24, 2.45) is 0 Å². The molecule has 0 atom stereocenters. The van der Waals surface area contributed by atoms with E-state index < -0.39 is 0 Å². The van der Waals surface area contributed by atoms with Gasteiger partial charge in [0.2, 0.25) is 5.95 Å². The van der Waals surface area contributed by atoms with Gasteiger partial charge >= 0.3 is 0 Å². The van der Waals surface area contributed by atoms with Crippen molar-refractivity contribution in [3.05, 3.63) is 33.8 Å². The Labute approximate surface area is 159 Å². The molecule has 0 saturated carbocycles. The summed E-state index contributed by atoms with van der Waals surface area (Å²) in [5.41, 5.74) is 9.76. The van der Waals surface area contributed by atoms with Crippen molar-refractivity contribution in [3.63, 3.8) is 0 Å². The highest BCUT2D eigenvalue weighted by Crippen LogP contribution is 2.32. The predicted molar refractivity (Wildman–Crippen MR) is 103 cm³/mol. The third-order valence-electron chi connectivity index (χ3n) is 3.98. The van der Waals surface area contributed by atoms with Gasteiger partial charge in [-0.2, -0.15) is 4.98 Å². The fraction of sp³-hybridized carbons (Fsp3) is 0.278. The summed E-state index contributed by atoms with van der Waals surface area (Å²) in [6, 6.07) is 0. The molecule has 3 rings (SSSR count). The number of fused-ring (bicyclic) bond motifs is 1. The van der Waals surface area contributed by atoms with Gasteiger partial charge < -0.3 is 15.6 Å². The van der Waals surface area contributed by atoms with Crippen LogP contribution in [-0.4, -0.2) is 38.3 Å². The van der Waals surface area contributed by atoms with Crippen LogP contribution in [0.1, 0.15) is 23.2 Å². The van der Waals surface area contributed by atoms with Crippen molar-refractivity contribution in [1.82, 2.24) is 19.5 Å². The highest BCUT2D eigenvalue weighted by Gasteiger charge is 2.18. The number of nitrogens with zero attached hydrogens (tertiary/aromatic N) is 4. The molecule has 134 valence electrons. The maximum Gasteiger partial charge on any atom is 0.223 e. The molecule has 0 aromatic carbocycles. The van der Waals surface area contributed by atoms with Crippen LogP contribution in [0.2, 0.25) is 0 Å². The van der Waals surface area contributed by atoms with Gasteiger partial charge in [0.25, 0.3) is 0 Å². The van der Waals surface area contributed by atoms with Gasteiger partial charge in [0, 0.05) is 18.2 Å². The van der Waals surface area contributed by atoms with Crippen LogP contribution >= 0.6 is 15.9 Å². The third kappa shape index (κ3) is 3.11. The normalized spacial score (nSPS) is 10.7.